The third kappa shape index (κ3) is 3.35. The lowest BCUT2D eigenvalue weighted by Crippen LogP contribution is -2.28. The number of nitrogens with zero attached hydrogens (tertiary/aromatic N) is 3. The van der Waals surface area contributed by atoms with E-state index in [1.54, 1.807) is 18.6 Å². The number of carbonyl (C=O) groups is 1. The van der Waals surface area contributed by atoms with Gasteiger partial charge in [0.05, 0.1) is 11.1 Å². The van der Waals surface area contributed by atoms with Crippen molar-refractivity contribution in [3.63, 3.8) is 0 Å². The van der Waals surface area contributed by atoms with Gasteiger partial charge in [-0.25, -0.2) is 9.97 Å². The Kier molecular flexibility index (Phi) is 4.71. The second kappa shape index (κ2) is 6.92. The normalized spacial score (nSPS) is 10.8. The quantitative estimate of drug-likeness (QED) is 0.698. The highest BCUT2D eigenvalue weighted by Gasteiger charge is 2.17. The van der Waals surface area contributed by atoms with E-state index in [1.165, 1.54) is 11.3 Å². The summed E-state index contributed by atoms with van der Waals surface area (Å²) in [5.74, 6) is 0.633. The van der Waals surface area contributed by atoms with Gasteiger partial charge in [-0.1, -0.05) is 0 Å². The summed E-state index contributed by atoms with van der Waals surface area (Å²) in [5.41, 5.74) is 3.13. The molecule has 7 heteroatoms. The summed E-state index contributed by atoms with van der Waals surface area (Å²) in [5, 5.41) is 7.14. The topological polar surface area (TPSA) is 79.8 Å². The maximum atomic E-state index is 12.5. The molecule has 124 valence electrons. The number of rotatable bonds is 5. The molecule has 3 heterocycles. The Morgan fingerprint density at radius 2 is 2.04 bits per heavy atom. The van der Waals surface area contributed by atoms with E-state index in [9.17, 15) is 4.79 Å². The molecule has 24 heavy (non-hydrogen) atoms. The molecule has 3 aromatic rings. The Labute approximate surface area is 144 Å². The lowest BCUT2D eigenvalue weighted by molar-refractivity contribution is 0.0959. The molecule has 0 aliphatic carbocycles. The molecular formula is C17H19N5OS. The minimum absolute atomic E-state index is 0.0616. The first-order valence-electron chi connectivity index (χ1n) is 7.71. The number of carbonyl (C=O) groups excluding carboxylic acids is 1. The van der Waals surface area contributed by atoms with Crippen LogP contribution in [0.25, 0.3) is 10.2 Å². The maximum absolute atomic E-state index is 12.5. The van der Waals surface area contributed by atoms with E-state index in [0.29, 0.717) is 18.9 Å². The third-order valence-corrected chi connectivity index (χ3v) is 4.90. The van der Waals surface area contributed by atoms with Crippen molar-refractivity contribution >= 4 is 33.3 Å². The van der Waals surface area contributed by atoms with Crippen molar-refractivity contribution in [2.24, 2.45) is 0 Å². The summed E-state index contributed by atoms with van der Waals surface area (Å²) in [7, 11) is 0. The van der Waals surface area contributed by atoms with Crippen molar-refractivity contribution < 1.29 is 4.79 Å². The second-order valence-corrected chi connectivity index (χ2v) is 6.59. The average molecular weight is 341 g/mol. The van der Waals surface area contributed by atoms with Gasteiger partial charge < -0.3 is 10.6 Å². The highest BCUT2D eigenvalue weighted by Crippen LogP contribution is 2.32. The van der Waals surface area contributed by atoms with E-state index in [4.69, 9.17) is 0 Å². The first-order chi connectivity index (χ1) is 11.6. The number of pyridine rings is 1. The zero-order valence-corrected chi connectivity index (χ0v) is 14.7. The number of hydrogen-bond donors (Lipinski definition) is 2. The predicted octanol–water partition coefficient (Wildman–Crippen LogP) is 2.85. The molecule has 0 radical (unpaired) electrons. The molecule has 0 aromatic carbocycles. The molecule has 0 saturated carbocycles. The number of aromatic nitrogens is 3. The Bertz CT molecular complexity index is 876. The molecule has 0 spiro atoms. The van der Waals surface area contributed by atoms with Gasteiger partial charge in [-0.15, -0.1) is 11.3 Å². The van der Waals surface area contributed by atoms with Crippen LogP contribution >= 0.6 is 11.3 Å². The minimum Gasteiger partial charge on any atom is -0.367 e. The van der Waals surface area contributed by atoms with Gasteiger partial charge in [-0.3, -0.25) is 9.78 Å². The number of hydrogen-bond acceptors (Lipinski definition) is 6. The number of amides is 1. The van der Waals surface area contributed by atoms with Crippen molar-refractivity contribution in [3.8, 4) is 0 Å². The average Bonchev–Trinajstić information content (AvgIpc) is 2.89. The molecule has 3 aromatic heterocycles. The highest BCUT2D eigenvalue weighted by molar-refractivity contribution is 7.20. The van der Waals surface area contributed by atoms with Crippen LogP contribution in [0.5, 0.6) is 0 Å². The van der Waals surface area contributed by atoms with E-state index in [-0.39, 0.29) is 5.91 Å². The van der Waals surface area contributed by atoms with Crippen molar-refractivity contribution in [1.82, 2.24) is 20.3 Å². The van der Waals surface area contributed by atoms with E-state index < -0.39 is 0 Å². The number of nitrogens with one attached hydrogen (secondary N) is 2. The number of aryl methyl sites for hydroxylation is 3. The first-order valence-corrected chi connectivity index (χ1v) is 8.53. The van der Waals surface area contributed by atoms with E-state index in [0.717, 1.165) is 31.9 Å². The maximum Gasteiger partial charge on any atom is 0.261 e. The van der Waals surface area contributed by atoms with Gasteiger partial charge in [0.15, 0.2) is 0 Å². The van der Waals surface area contributed by atoms with Gasteiger partial charge in [0.25, 0.3) is 5.91 Å². The Hall–Kier alpha value is -2.54. The largest absolute Gasteiger partial charge is 0.367 e. The van der Waals surface area contributed by atoms with Crippen LogP contribution in [0.1, 0.15) is 26.5 Å². The van der Waals surface area contributed by atoms with Gasteiger partial charge in [0.1, 0.15) is 10.6 Å². The summed E-state index contributed by atoms with van der Waals surface area (Å²) in [6.07, 6.45) is 4.89. The fraction of sp³-hybridized carbons (Fsp3) is 0.294. The van der Waals surface area contributed by atoms with Crippen molar-refractivity contribution in [1.29, 1.82) is 0 Å². The van der Waals surface area contributed by atoms with Crippen LogP contribution in [0.15, 0.2) is 24.7 Å². The van der Waals surface area contributed by atoms with Gasteiger partial charge in [-0.2, -0.15) is 0 Å². The molecule has 0 fully saturated rings. The summed E-state index contributed by atoms with van der Waals surface area (Å²) in [4.78, 5) is 26.8. The van der Waals surface area contributed by atoms with Crippen LogP contribution in [0.2, 0.25) is 0 Å². The monoisotopic (exact) mass is 341 g/mol. The summed E-state index contributed by atoms with van der Waals surface area (Å²) >= 11 is 1.45. The standard InChI is InChI=1S/C17H19N5OS/c1-10-8-11(2)22-17-14(10)12(3)15(24-17)16(23)21-7-6-20-13-9-18-4-5-19-13/h4-5,8-9H,6-7H2,1-3H3,(H,19,20)(H,21,23). The van der Waals surface area contributed by atoms with Crippen LogP contribution in [0, 0.1) is 20.8 Å². The van der Waals surface area contributed by atoms with Crippen LogP contribution < -0.4 is 10.6 Å². The van der Waals surface area contributed by atoms with Gasteiger partial charge >= 0.3 is 0 Å². The van der Waals surface area contributed by atoms with Gasteiger partial charge in [-0.05, 0) is 38.0 Å². The van der Waals surface area contributed by atoms with Crippen molar-refractivity contribution in [3.05, 3.63) is 46.4 Å². The van der Waals surface area contributed by atoms with E-state index in [2.05, 4.69) is 38.6 Å². The number of fused-ring (bicyclic) bond motifs is 1. The SMILES string of the molecule is Cc1cc(C)c2c(C)c(C(=O)NCCNc3cnccn3)sc2n1. The highest BCUT2D eigenvalue weighted by atomic mass is 32.1. The number of anilines is 1. The smallest absolute Gasteiger partial charge is 0.261 e. The molecule has 0 bridgehead atoms. The van der Waals surface area contributed by atoms with Crippen molar-refractivity contribution in [2.45, 2.75) is 20.8 Å². The molecule has 0 atom stereocenters. The van der Waals surface area contributed by atoms with Crippen LogP contribution in [-0.4, -0.2) is 33.9 Å². The zero-order valence-electron chi connectivity index (χ0n) is 13.9. The lowest BCUT2D eigenvalue weighted by Gasteiger charge is -2.06. The molecule has 0 aliphatic rings. The predicted molar refractivity (Wildman–Crippen MR) is 96.7 cm³/mol. The summed E-state index contributed by atoms with van der Waals surface area (Å²) < 4.78 is 0. The Morgan fingerprint density at radius 3 is 2.79 bits per heavy atom. The molecule has 0 unspecified atom stereocenters. The molecule has 1 amide bonds. The van der Waals surface area contributed by atoms with Crippen molar-refractivity contribution in [2.75, 3.05) is 18.4 Å². The van der Waals surface area contributed by atoms with Crippen LogP contribution in [-0.2, 0) is 0 Å². The molecular weight excluding hydrogens is 322 g/mol. The Morgan fingerprint density at radius 1 is 1.21 bits per heavy atom. The summed E-state index contributed by atoms with van der Waals surface area (Å²) in [6.45, 7) is 7.11. The van der Waals surface area contributed by atoms with E-state index in [1.807, 2.05) is 13.8 Å². The van der Waals surface area contributed by atoms with Crippen LogP contribution in [0.4, 0.5) is 5.82 Å². The van der Waals surface area contributed by atoms with Crippen LogP contribution in [0.3, 0.4) is 0 Å². The Balaban J connectivity index is 1.66. The fourth-order valence-electron chi connectivity index (χ4n) is 2.67. The number of thiophene rings is 1. The molecule has 3 rings (SSSR count). The molecule has 0 saturated heterocycles. The molecule has 6 nitrogen and oxygen atoms in total. The minimum atomic E-state index is -0.0616. The van der Waals surface area contributed by atoms with Gasteiger partial charge in [0, 0.05) is 36.6 Å². The fourth-order valence-corrected chi connectivity index (χ4v) is 3.89. The lowest BCUT2D eigenvalue weighted by atomic mass is 10.1. The summed E-state index contributed by atoms with van der Waals surface area (Å²) in [6, 6.07) is 2.05. The first kappa shape index (κ1) is 16.3. The van der Waals surface area contributed by atoms with Gasteiger partial charge in [0.2, 0.25) is 0 Å². The third-order valence-electron chi connectivity index (χ3n) is 3.71. The second-order valence-electron chi connectivity index (χ2n) is 5.59. The van der Waals surface area contributed by atoms with E-state index >= 15 is 0 Å². The zero-order chi connectivity index (χ0) is 17.1. The molecule has 0 aliphatic heterocycles. The molecule has 2 N–H and O–H groups in total.